The van der Waals surface area contributed by atoms with E-state index in [9.17, 15) is 18.7 Å². The zero-order chi connectivity index (χ0) is 14.8. The normalized spacial score (nSPS) is 18.0. The van der Waals surface area contributed by atoms with E-state index in [1.807, 2.05) is 0 Å². The second-order valence-corrected chi connectivity index (χ2v) is 5.29. The van der Waals surface area contributed by atoms with E-state index in [0.29, 0.717) is 12.8 Å². The van der Waals surface area contributed by atoms with Crippen molar-refractivity contribution in [2.75, 3.05) is 6.54 Å². The summed E-state index contributed by atoms with van der Waals surface area (Å²) in [5.41, 5.74) is -0.592. The lowest BCUT2D eigenvalue weighted by molar-refractivity contribution is -0.0290. The van der Waals surface area contributed by atoms with Crippen LogP contribution in [-0.4, -0.2) is 23.3 Å². The SMILES string of the molecule is CC(NC(=O)NCC1(O)CCC1)c1ccc(F)cc1F. The highest BCUT2D eigenvalue weighted by Gasteiger charge is 2.34. The van der Waals surface area contributed by atoms with E-state index in [1.165, 1.54) is 6.07 Å². The summed E-state index contributed by atoms with van der Waals surface area (Å²) in [6, 6.07) is 2.15. The van der Waals surface area contributed by atoms with Crippen LogP contribution >= 0.6 is 0 Å². The van der Waals surface area contributed by atoms with E-state index < -0.39 is 29.3 Å². The lowest BCUT2D eigenvalue weighted by Crippen LogP contribution is -2.50. The molecule has 1 unspecified atom stereocenters. The van der Waals surface area contributed by atoms with Gasteiger partial charge in [-0.1, -0.05) is 6.07 Å². The van der Waals surface area contributed by atoms with Gasteiger partial charge in [0.1, 0.15) is 11.6 Å². The van der Waals surface area contributed by atoms with Crippen LogP contribution in [0, 0.1) is 11.6 Å². The maximum Gasteiger partial charge on any atom is 0.315 e. The topological polar surface area (TPSA) is 61.4 Å². The van der Waals surface area contributed by atoms with Gasteiger partial charge in [-0.25, -0.2) is 13.6 Å². The number of amides is 2. The summed E-state index contributed by atoms with van der Waals surface area (Å²) >= 11 is 0. The molecule has 6 heteroatoms. The summed E-state index contributed by atoms with van der Waals surface area (Å²) < 4.78 is 26.3. The van der Waals surface area contributed by atoms with Crippen molar-refractivity contribution < 1.29 is 18.7 Å². The molecule has 110 valence electrons. The van der Waals surface area contributed by atoms with Gasteiger partial charge in [0.2, 0.25) is 0 Å². The average Bonchev–Trinajstić information content (AvgIpc) is 2.33. The van der Waals surface area contributed by atoms with Gasteiger partial charge in [-0.3, -0.25) is 0 Å². The number of aliphatic hydroxyl groups is 1. The molecule has 1 saturated carbocycles. The minimum atomic E-state index is -0.804. The summed E-state index contributed by atoms with van der Waals surface area (Å²) in [4.78, 5) is 11.7. The monoisotopic (exact) mass is 284 g/mol. The number of carbonyl (C=O) groups excluding carboxylic acids is 1. The number of urea groups is 1. The summed E-state index contributed by atoms with van der Waals surface area (Å²) in [7, 11) is 0. The van der Waals surface area contributed by atoms with Gasteiger partial charge in [-0.15, -0.1) is 0 Å². The Bertz CT molecular complexity index is 504. The Morgan fingerprint density at radius 2 is 2.15 bits per heavy atom. The van der Waals surface area contributed by atoms with Gasteiger partial charge in [0.05, 0.1) is 11.6 Å². The van der Waals surface area contributed by atoms with E-state index in [-0.39, 0.29) is 12.1 Å². The molecule has 1 aliphatic carbocycles. The summed E-state index contributed by atoms with van der Waals surface area (Å²) in [6.07, 6.45) is 2.31. The fourth-order valence-electron chi connectivity index (χ4n) is 2.18. The molecule has 0 spiro atoms. The molecule has 2 amide bonds. The van der Waals surface area contributed by atoms with E-state index in [0.717, 1.165) is 18.6 Å². The number of benzene rings is 1. The third kappa shape index (κ3) is 3.45. The molecule has 1 aromatic carbocycles. The number of carbonyl (C=O) groups is 1. The van der Waals surface area contributed by atoms with Gasteiger partial charge in [0.15, 0.2) is 0 Å². The van der Waals surface area contributed by atoms with Crippen LogP contribution in [0.1, 0.15) is 37.8 Å². The van der Waals surface area contributed by atoms with Crippen molar-refractivity contribution in [1.29, 1.82) is 0 Å². The first-order valence-corrected chi connectivity index (χ1v) is 6.61. The number of nitrogens with one attached hydrogen (secondary N) is 2. The van der Waals surface area contributed by atoms with E-state index in [1.54, 1.807) is 6.92 Å². The van der Waals surface area contributed by atoms with Crippen molar-refractivity contribution in [3.05, 3.63) is 35.4 Å². The van der Waals surface area contributed by atoms with Crippen LogP contribution in [0.4, 0.5) is 13.6 Å². The van der Waals surface area contributed by atoms with E-state index >= 15 is 0 Å². The molecule has 4 nitrogen and oxygen atoms in total. The quantitative estimate of drug-likeness (QED) is 0.794. The Labute approximate surface area is 116 Å². The molecular formula is C14H18F2N2O2. The molecule has 3 N–H and O–H groups in total. The third-order valence-electron chi connectivity index (χ3n) is 3.64. The number of rotatable bonds is 4. The largest absolute Gasteiger partial charge is 0.388 e. The van der Waals surface area contributed by atoms with Gasteiger partial charge >= 0.3 is 6.03 Å². The van der Waals surface area contributed by atoms with Crippen LogP contribution in [0.3, 0.4) is 0 Å². The number of hydrogen-bond donors (Lipinski definition) is 3. The van der Waals surface area contributed by atoms with Gasteiger partial charge in [0, 0.05) is 18.2 Å². The zero-order valence-electron chi connectivity index (χ0n) is 11.2. The molecule has 0 heterocycles. The molecule has 0 saturated heterocycles. The molecule has 1 aromatic rings. The maximum absolute atomic E-state index is 13.5. The average molecular weight is 284 g/mol. The molecule has 0 aromatic heterocycles. The van der Waals surface area contributed by atoms with Crippen molar-refractivity contribution in [2.45, 2.75) is 37.8 Å². The summed E-state index contributed by atoms with van der Waals surface area (Å²) in [5.74, 6) is -1.36. The van der Waals surface area contributed by atoms with Crippen molar-refractivity contribution in [1.82, 2.24) is 10.6 Å². The second-order valence-electron chi connectivity index (χ2n) is 5.29. The third-order valence-corrected chi connectivity index (χ3v) is 3.64. The highest BCUT2D eigenvalue weighted by Crippen LogP contribution is 2.30. The first-order chi connectivity index (χ1) is 9.39. The minimum absolute atomic E-state index is 0.178. The zero-order valence-corrected chi connectivity index (χ0v) is 11.2. The molecular weight excluding hydrogens is 266 g/mol. The Morgan fingerprint density at radius 1 is 1.45 bits per heavy atom. The Hall–Kier alpha value is -1.69. The number of halogens is 2. The molecule has 1 aliphatic rings. The van der Waals surface area contributed by atoms with Crippen molar-refractivity contribution in [3.63, 3.8) is 0 Å². The minimum Gasteiger partial charge on any atom is -0.388 e. The molecule has 0 radical (unpaired) electrons. The van der Waals surface area contributed by atoms with Gasteiger partial charge in [0.25, 0.3) is 0 Å². The second kappa shape index (κ2) is 5.75. The van der Waals surface area contributed by atoms with E-state index in [4.69, 9.17) is 0 Å². The standard InChI is InChI=1S/C14H18F2N2O2/c1-9(11-4-3-10(15)7-12(11)16)18-13(19)17-8-14(20)5-2-6-14/h3-4,7,9,20H,2,5-6,8H2,1H3,(H2,17,18,19). The fourth-order valence-corrected chi connectivity index (χ4v) is 2.18. The molecule has 0 bridgehead atoms. The lowest BCUT2D eigenvalue weighted by atomic mass is 9.80. The predicted molar refractivity (Wildman–Crippen MR) is 70.1 cm³/mol. The molecule has 20 heavy (non-hydrogen) atoms. The van der Waals surface area contributed by atoms with Crippen molar-refractivity contribution in [2.24, 2.45) is 0 Å². The Morgan fingerprint density at radius 3 is 2.70 bits per heavy atom. The van der Waals surface area contributed by atoms with Gasteiger partial charge in [-0.05, 0) is 32.3 Å². The first kappa shape index (κ1) is 14.7. The van der Waals surface area contributed by atoms with Crippen LogP contribution in [0.25, 0.3) is 0 Å². The molecule has 2 rings (SSSR count). The van der Waals surface area contributed by atoms with Crippen LogP contribution < -0.4 is 10.6 Å². The van der Waals surface area contributed by atoms with Gasteiger partial charge < -0.3 is 15.7 Å². The first-order valence-electron chi connectivity index (χ1n) is 6.61. The van der Waals surface area contributed by atoms with Crippen LogP contribution in [0.5, 0.6) is 0 Å². The smallest absolute Gasteiger partial charge is 0.315 e. The predicted octanol–water partition coefficient (Wildman–Crippen LogP) is 2.24. The highest BCUT2D eigenvalue weighted by atomic mass is 19.1. The summed E-state index contributed by atoms with van der Waals surface area (Å²) in [5, 5.41) is 15.0. The molecule has 1 atom stereocenters. The Balaban J connectivity index is 1.86. The molecule has 0 aliphatic heterocycles. The van der Waals surface area contributed by atoms with Crippen molar-refractivity contribution in [3.8, 4) is 0 Å². The maximum atomic E-state index is 13.5. The summed E-state index contributed by atoms with van der Waals surface area (Å²) in [6.45, 7) is 1.78. The fraction of sp³-hybridized carbons (Fsp3) is 0.500. The van der Waals surface area contributed by atoms with Crippen molar-refractivity contribution >= 4 is 6.03 Å². The molecule has 1 fully saturated rings. The van der Waals surface area contributed by atoms with Crippen LogP contribution in [0.2, 0.25) is 0 Å². The van der Waals surface area contributed by atoms with Gasteiger partial charge in [-0.2, -0.15) is 0 Å². The van der Waals surface area contributed by atoms with E-state index in [2.05, 4.69) is 10.6 Å². The highest BCUT2D eigenvalue weighted by molar-refractivity contribution is 5.74. The Kier molecular flexibility index (Phi) is 4.23. The number of hydrogen-bond acceptors (Lipinski definition) is 2. The van der Waals surface area contributed by atoms with Crippen LogP contribution in [-0.2, 0) is 0 Å². The lowest BCUT2D eigenvalue weighted by Gasteiger charge is -2.36. The van der Waals surface area contributed by atoms with Crippen LogP contribution in [0.15, 0.2) is 18.2 Å².